The van der Waals surface area contributed by atoms with E-state index in [2.05, 4.69) is 73.3 Å². The Kier molecular flexibility index (Phi) is 3.16. The van der Waals surface area contributed by atoms with Crippen molar-refractivity contribution in [2.24, 2.45) is 0 Å². The molecule has 0 bridgehead atoms. The first-order valence-corrected chi connectivity index (χ1v) is 6.56. The van der Waals surface area contributed by atoms with Crippen molar-refractivity contribution in [3.05, 3.63) is 84.9 Å². The second-order valence-electron chi connectivity index (χ2n) is 4.72. The minimum Gasteiger partial charge on any atom is -0.103 e. The van der Waals surface area contributed by atoms with Crippen molar-refractivity contribution in [1.82, 2.24) is 0 Å². The van der Waals surface area contributed by atoms with Gasteiger partial charge in [0.25, 0.3) is 0 Å². The zero-order valence-electron chi connectivity index (χ0n) is 10.8. The summed E-state index contributed by atoms with van der Waals surface area (Å²) in [5, 5.41) is 2.58. The highest BCUT2D eigenvalue weighted by atomic mass is 14.1. The molecule has 0 heterocycles. The fraction of sp³-hybridized carbons (Fsp3) is 0.0526. The van der Waals surface area contributed by atoms with E-state index >= 15 is 0 Å². The van der Waals surface area contributed by atoms with Crippen LogP contribution in [0.2, 0.25) is 0 Å². The third kappa shape index (κ3) is 2.30. The van der Waals surface area contributed by atoms with E-state index in [4.69, 9.17) is 0 Å². The summed E-state index contributed by atoms with van der Waals surface area (Å²) in [7, 11) is 0. The highest BCUT2D eigenvalue weighted by Crippen LogP contribution is 2.29. The Morgan fingerprint density at radius 3 is 2.11 bits per heavy atom. The molecule has 0 N–H and O–H groups in total. The molecule has 0 spiro atoms. The van der Waals surface area contributed by atoms with Crippen LogP contribution in [-0.2, 0) is 6.42 Å². The van der Waals surface area contributed by atoms with E-state index in [-0.39, 0.29) is 0 Å². The maximum absolute atomic E-state index is 3.87. The number of fused-ring (bicyclic) bond motifs is 1. The second-order valence-corrected chi connectivity index (χ2v) is 4.72. The Morgan fingerprint density at radius 1 is 0.789 bits per heavy atom. The standard InChI is InChI=1S/C19H16/c1-2-8-18-13-16-11-6-7-12-17(16)14-19(18)15-9-4-3-5-10-15/h2-7,9-14H,1,8H2. The van der Waals surface area contributed by atoms with E-state index in [9.17, 15) is 0 Å². The minimum atomic E-state index is 0.898. The molecule has 0 amide bonds. The highest BCUT2D eigenvalue weighted by Gasteiger charge is 2.05. The van der Waals surface area contributed by atoms with E-state index in [1.807, 2.05) is 6.08 Å². The van der Waals surface area contributed by atoms with Crippen molar-refractivity contribution in [1.29, 1.82) is 0 Å². The van der Waals surface area contributed by atoms with Crippen LogP contribution < -0.4 is 0 Å². The molecular formula is C19H16. The van der Waals surface area contributed by atoms with E-state index in [1.165, 1.54) is 27.5 Å². The SMILES string of the molecule is C=CCc1cc2ccccc2cc1-c1ccccc1. The van der Waals surface area contributed by atoms with Gasteiger partial charge >= 0.3 is 0 Å². The number of allylic oxidation sites excluding steroid dienone is 1. The first-order chi connectivity index (χ1) is 9.38. The van der Waals surface area contributed by atoms with Crippen LogP contribution in [0, 0.1) is 0 Å². The topological polar surface area (TPSA) is 0 Å². The van der Waals surface area contributed by atoms with Gasteiger partial charge in [0.05, 0.1) is 0 Å². The monoisotopic (exact) mass is 244 g/mol. The van der Waals surface area contributed by atoms with Gasteiger partial charge < -0.3 is 0 Å². The van der Waals surface area contributed by atoms with E-state index in [1.54, 1.807) is 0 Å². The minimum absolute atomic E-state index is 0.898. The molecule has 3 aromatic carbocycles. The van der Waals surface area contributed by atoms with Gasteiger partial charge in [0.2, 0.25) is 0 Å². The molecule has 0 aliphatic heterocycles. The van der Waals surface area contributed by atoms with Crippen LogP contribution in [0.3, 0.4) is 0 Å². The quantitative estimate of drug-likeness (QED) is 0.553. The molecule has 3 aromatic rings. The van der Waals surface area contributed by atoms with Crippen LogP contribution in [0.1, 0.15) is 5.56 Å². The van der Waals surface area contributed by atoms with Crippen molar-refractivity contribution < 1.29 is 0 Å². The number of benzene rings is 3. The zero-order valence-corrected chi connectivity index (χ0v) is 10.8. The highest BCUT2D eigenvalue weighted by molar-refractivity contribution is 5.89. The fourth-order valence-electron chi connectivity index (χ4n) is 2.50. The Morgan fingerprint density at radius 2 is 1.42 bits per heavy atom. The predicted molar refractivity (Wildman–Crippen MR) is 83.3 cm³/mol. The molecule has 92 valence electrons. The maximum Gasteiger partial charge on any atom is -0.00937 e. The number of hydrogen-bond donors (Lipinski definition) is 0. The Balaban J connectivity index is 2.26. The lowest BCUT2D eigenvalue weighted by atomic mass is 9.94. The summed E-state index contributed by atoms with van der Waals surface area (Å²) in [5.74, 6) is 0. The van der Waals surface area contributed by atoms with Gasteiger partial charge in [-0.15, -0.1) is 6.58 Å². The Labute approximate surface area is 114 Å². The summed E-state index contributed by atoms with van der Waals surface area (Å²) in [6, 6.07) is 23.6. The fourth-order valence-corrected chi connectivity index (χ4v) is 2.50. The first-order valence-electron chi connectivity index (χ1n) is 6.56. The van der Waals surface area contributed by atoms with Crippen molar-refractivity contribution in [3.8, 4) is 11.1 Å². The smallest absolute Gasteiger partial charge is 0.00937 e. The lowest BCUT2D eigenvalue weighted by molar-refractivity contribution is 1.29. The first kappa shape index (κ1) is 11.7. The Hall–Kier alpha value is -2.34. The van der Waals surface area contributed by atoms with E-state index < -0.39 is 0 Å². The summed E-state index contributed by atoms with van der Waals surface area (Å²) in [4.78, 5) is 0. The average Bonchev–Trinajstić information content (AvgIpc) is 2.48. The molecular weight excluding hydrogens is 228 g/mol. The predicted octanol–water partition coefficient (Wildman–Crippen LogP) is 5.24. The summed E-state index contributed by atoms with van der Waals surface area (Å²) in [6.45, 7) is 3.87. The van der Waals surface area contributed by atoms with Gasteiger partial charge in [-0.05, 0) is 39.9 Å². The van der Waals surface area contributed by atoms with Gasteiger partial charge in [0.1, 0.15) is 0 Å². The molecule has 0 aromatic heterocycles. The molecule has 0 heteroatoms. The van der Waals surface area contributed by atoms with Gasteiger partial charge in [0, 0.05) is 0 Å². The lowest BCUT2D eigenvalue weighted by Crippen LogP contribution is -1.89. The van der Waals surface area contributed by atoms with Crippen LogP contribution in [0.4, 0.5) is 0 Å². The third-order valence-electron chi connectivity index (χ3n) is 3.42. The Bertz CT molecular complexity index is 708. The molecule has 0 radical (unpaired) electrons. The zero-order chi connectivity index (χ0) is 13.1. The van der Waals surface area contributed by atoms with E-state index in [0.29, 0.717) is 0 Å². The molecule has 0 saturated carbocycles. The molecule has 0 fully saturated rings. The largest absolute Gasteiger partial charge is 0.103 e. The molecule has 0 unspecified atom stereocenters. The molecule has 0 aliphatic rings. The van der Waals surface area contributed by atoms with Crippen LogP contribution in [0.15, 0.2) is 79.4 Å². The van der Waals surface area contributed by atoms with Gasteiger partial charge in [-0.25, -0.2) is 0 Å². The van der Waals surface area contributed by atoms with Crippen LogP contribution >= 0.6 is 0 Å². The third-order valence-corrected chi connectivity index (χ3v) is 3.42. The van der Waals surface area contributed by atoms with Gasteiger partial charge in [0.15, 0.2) is 0 Å². The number of rotatable bonds is 3. The van der Waals surface area contributed by atoms with Crippen LogP contribution in [0.25, 0.3) is 21.9 Å². The van der Waals surface area contributed by atoms with Gasteiger partial charge in [-0.3, -0.25) is 0 Å². The van der Waals surface area contributed by atoms with Gasteiger partial charge in [-0.1, -0.05) is 66.7 Å². The lowest BCUT2D eigenvalue weighted by Gasteiger charge is -2.10. The van der Waals surface area contributed by atoms with Crippen molar-refractivity contribution >= 4 is 10.8 Å². The van der Waals surface area contributed by atoms with Crippen molar-refractivity contribution in [2.75, 3.05) is 0 Å². The summed E-state index contributed by atoms with van der Waals surface area (Å²) >= 11 is 0. The van der Waals surface area contributed by atoms with Crippen LogP contribution in [0.5, 0.6) is 0 Å². The molecule has 0 atom stereocenters. The molecule has 0 aliphatic carbocycles. The molecule has 19 heavy (non-hydrogen) atoms. The van der Waals surface area contributed by atoms with Crippen LogP contribution in [-0.4, -0.2) is 0 Å². The van der Waals surface area contributed by atoms with Crippen molar-refractivity contribution in [2.45, 2.75) is 6.42 Å². The summed E-state index contributed by atoms with van der Waals surface area (Å²) in [6.07, 6.45) is 2.87. The summed E-state index contributed by atoms with van der Waals surface area (Å²) in [5.41, 5.74) is 3.91. The molecule has 0 saturated heterocycles. The maximum atomic E-state index is 3.87. The molecule has 0 nitrogen and oxygen atoms in total. The average molecular weight is 244 g/mol. The molecule has 3 rings (SSSR count). The van der Waals surface area contributed by atoms with Crippen molar-refractivity contribution in [3.63, 3.8) is 0 Å². The summed E-state index contributed by atoms with van der Waals surface area (Å²) < 4.78 is 0. The number of hydrogen-bond acceptors (Lipinski definition) is 0. The van der Waals surface area contributed by atoms with E-state index in [0.717, 1.165) is 6.42 Å². The van der Waals surface area contributed by atoms with Gasteiger partial charge in [-0.2, -0.15) is 0 Å². The second kappa shape index (κ2) is 5.11. The normalized spacial score (nSPS) is 10.5.